The normalized spacial score (nSPS) is 10.8. The molecule has 4 aromatic rings. The monoisotopic (exact) mass is 447 g/mol. The van der Waals surface area contributed by atoms with Gasteiger partial charge in [0.15, 0.2) is 17.3 Å². The summed E-state index contributed by atoms with van der Waals surface area (Å²) < 4.78 is 25.6. The average molecular weight is 448 g/mol. The van der Waals surface area contributed by atoms with E-state index in [0.717, 1.165) is 27.8 Å². The molecule has 6 nitrogen and oxygen atoms in total. The first-order valence-corrected chi connectivity index (χ1v) is 10.9. The van der Waals surface area contributed by atoms with E-state index in [-0.39, 0.29) is 0 Å². The number of anilines is 1. The van der Waals surface area contributed by atoms with Gasteiger partial charge in [0.1, 0.15) is 16.1 Å². The quantitative estimate of drug-likeness (QED) is 0.317. The molecular formula is C25H25N3O3S. The highest BCUT2D eigenvalue weighted by molar-refractivity contribution is 7.67. The van der Waals surface area contributed by atoms with Gasteiger partial charge in [-0.3, -0.25) is 0 Å². The van der Waals surface area contributed by atoms with Gasteiger partial charge in [0.2, 0.25) is 0 Å². The Hall–Kier alpha value is -3.58. The van der Waals surface area contributed by atoms with Crippen molar-refractivity contribution in [2.24, 2.45) is 0 Å². The predicted molar refractivity (Wildman–Crippen MR) is 131 cm³/mol. The lowest BCUT2D eigenvalue weighted by atomic mass is 10.1. The zero-order chi connectivity index (χ0) is 22.7. The maximum atomic E-state index is 12.5. The lowest BCUT2D eigenvalue weighted by molar-refractivity contribution is 0.355. The Kier molecular flexibility index (Phi) is 6.28. The Morgan fingerprint density at radius 1 is 0.969 bits per heavy atom. The first-order chi connectivity index (χ1) is 15.6. The minimum Gasteiger partial charge on any atom is -0.493 e. The molecule has 164 valence electrons. The molecule has 0 aliphatic heterocycles. The number of fused-ring (bicyclic) bond motifs is 1. The molecule has 3 aromatic carbocycles. The molecule has 7 heteroatoms. The van der Waals surface area contributed by atoms with Gasteiger partial charge < -0.3 is 18.9 Å². The van der Waals surface area contributed by atoms with E-state index < -0.39 is 0 Å². The van der Waals surface area contributed by atoms with Gasteiger partial charge >= 0.3 is 0 Å². The predicted octanol–water partition coefficient (Wildman–Crippen LogP) is 3.95. The molecule has 0 aliphatic carbocycles. The summed E-state index contributed by atoms with van der Waals surface area (Å²) in [5.74, 6) is 1.83. The van der Waals surface area contributed by atoms with E-state index >= 15 is 0 Å². The van der Waals surface area contributed by atoms with Gasteiger partial charge in [-0.1, -0.05) is 48.5 Å². The van der Waals surface area contributed by atoms with Crippen LogP contribution in [0.1, 0.15) is 17.0 Å². The van der Waals surface area contributed by atoms with Crippen LogP contribution in [-0.4, -0.2) is 46.9 Å². The third-order valence-corrected chi connectivity index (χ3v) is 5.92. The first kappa shape index (κ1) is 21.6. The van der Waals surface area contributed by atoms with E-state index in [1.807, 2.05) is 73.6 Å². The Morgan fingerprint density at radius 3 is 2.28 bits per heavy atom. The molecule has 1 aromatic heterocycles. The molecule has 0 bridgehead atoms. The SMILES string of the molecule is COc1cc2nc(C(=S=O)c3ccccc3N(C)C)n(Cc3ccccc3)c2cc1OC. The highest BCUT2D eigenvalue weighted by atomic mass is 32.1. The molecule has 0 amide bonds. The summed E-state index contributed by atoms with van der Waals surface area (Å²) in [7, 11) is 7.15. The van der Waals surface area contributed by atoms with Crippen LogP contribution in [0.2, 0.25) is 0 Å². The number of ether oxygens (including phenoxy) is 2. The van der Waals surface area contributed by atoms with Crippen LogP contribution in [-0.2, 0) is 17.8 Å². The van der Waals surface area contributed by atoms with Gasteiger partial charge in [-0.15, -0.1) is 0 Å². The Balaban J connectivity index is 1.99. The zero-order valence-corrected chi connectivity index (χ0v) is 19.3. The molecule has 0 fully saturated rings. The summed E-state index contributed by atoms with van der Waals surface area (Å²) in [6.07, 6.45) is 0. The number of benzene rings is 3. The molecule has 0 N–H and O–H groups in total. The fraction of sp³-hybridized carbons (Fsp3) is 0.200. The molecule has 0 saturated heterocycles. The zero-order valence-electron chi connectivity index (χ0n) is 18.5. The van der Waals surface area contributed by atoms with E-state index in [0.29, 0.717) is 40.0 Å². The molecule has 0 spiro atoms. The van der Waals surface area contributed by atoms with Crippen molar-refractivity contribution in [2.75, 3.05) is 33.2 Å². The van der Waals surface area contributed by atoms with Crippen molar-refractivity contribution in [3.8, 4) is 11.5 Å². The van der Waals surface area contributed by atoms with Crippen LogP contribution < -0.4 is 14.4 Å². The van der Waals surface area contributed by atoms with Gasteiger partial charge in [-0.05, 0) is 11.6 Å². The van der Waals surface area contributed by atoms with Crippen molar-refractivity contribution in [1.29, 1.82) is 0 Å². The van der Waals surface area contributed by atoms with Crippen LogP contribution in [0.4, 0.5) is 5.69 Å². The van der Waals surface area contributed by atoms with Gasteiger partial charge in [0, 0.05) is 44.0 Å². The van der Waals surface area contributed by atoms with Crippen LogP contribution in [0.15, 0.2) is 66.7 Å². The summed E-state index contributed by atoms with van der Waals surface area (Å²) in [6, 6.07) is 21.8. The number of para-hydroxylation sites is 1. The van der Waals surface area contributed by atoms with E-state index in [9.17, 15) is 4.21 Å². The van der Waals surface area contributed by atoms with Gasteiger partial charge in [0.25, 0.3) is 0 Å². The first-order valence-electron chi connectivity index (χ1n) is 10.2. The van der Waals surface area contributed by atoms with Crippen molar-refractivity contribution < 1.29 is 13.7 Å². The van der Waals surface area contributed by atoms with Crippen molar-refractivity contribution in [2.45, 2.75) is 6.54 Å². The summed E-state index contributed by atoms with van der Waals surface area (Å²) in [5, 5.41) is 0. The highest BCUT2D eigenvalue weighted by Gasteiger charge is 2.22. The lowest BCUT2D eigenvalue weighted by Crippen LogP contribution is -2.18. The van der Waals surface area contributed by atoms with Gasteiger partial charge in [0.05, 0.1) is 25.3 Å². The van der Waals surface area contributed by atoms with Crippen LogP contribution in [0.5, 0.6) is 11.5 Å². The molecule has 0 unspecified atom stereocenters. The summed E-state index contributed by atoms with van der Waals surface area (Å²) in [6.45, 7) is 0.566. The van der Waals surface area contributed by atoms with Crippen LogP contribution in [0.25, 0.3) is 11.0 Å². The van der Waals surface area contributed by atoms with Crippen LogP contribution in [0.3, 0.4) is 0 Å². The Bertz CT molecular complexity index is 1310. The minimum atomic E-state index is 0.462. The second-order valence-corrected chi connectivity index (χ2v) is 8.10. The molecule has 32 heavy (non-hydrogen) atoms. The second kappa shape index (κ2) is 9.28. The van der Waals surface area contributed by atoms with Crippen molar-refractivity contribution in [1.82, 2.24) is 9.55 Å². The number of imidazole rings is 1. The largest absolute Gasteiger partial charge is 0.493 e. The third-order valence-electron chi connectivity index (χ3n) is 5.35. The number of hydrogen-bond donors (Lipinski definition) is 0. The number of methoxy groups -OCH3 is 2. The molecule has 1 heterocycles. The number of hydrogen-bond acceptors (Lipinski definition) is 5. The lowest BCUT2D eigenvalue weighted by Gasteiger charge is -2.18. The topological polar surface area (TPSA) is 56.6 Å². The van der Waals surface area contributed by atoms with Crippen LogP contribution in [0, 0.1) is 0 Å². The summed E-state index contributed by atoms with van der Waals surface area (Å²) >= 11 is 0.462. The van der Waals surface area contributed by atoms with E-state index in [2.05, 4.69) is 16.7 Å². The van der Waals surface area contributed by atoms with E-state index in [1.54, 1.807) is 14.2 Å². The summed E-state index contributed by atoms with van der Waals surface area (Å²) in [4.78, 5) is 7.46. The Labute approximate surface area is 191 Å². The molecular weight excluding hydrogens is 422 g/mol. The number of aromatic nitrogens is 2. The molecule has 0 aliphatic rings. The third kappa shape index (κ3) is 3.99. The highest BCUT2D eigenvalue weighted by Crippen LogP contribution is 2.33. The average Bonchev–Trinajstić information content (AvgIpc) is 3.16. The van der Waals surface area contributed by atoms with E-state index in [1.165, 1.54) is 0 Å². The standard InChI is InChI=1S/C25H25N3O3S/c1-27(2)20-13-9-8-12-18(20)24(32-29)25-26-19-14-22(30-3)23(31-4)15-21(19)28(25)16-17-10-6-5-7-11-17/h5-15H,16H2,1-4H3. The smallest absolute Gasteiger partial charge is 0.163 e. The van der Waals surface area contributed by atoms with Gasteiger partial charge in [-0.2, -0.15) is 0 Å². The molecule has 4 rings (SSSR count). The number of nitrogens with zero attached hydrogens (tertiary/aromatic N) is 3. The van der Waals surface area contributed by atoms with Gasteiger partial charge in [-0.25, -0.2) is 9.19 Å². The fourth-order valence-electron chi connectivity index (χ4n) is 3.81. The van der Waals surface area contributed by atoms with E-state index in [4.69, 9.17) is 14.5 Å². The Morgan fingerprint density at radius 2 is 1.62 bits per heavy atom. The summed E-state index contributed by atoms with van der Waals surface area (Å²) in [5.41, 5.74) is 4.53. The molecule has 0 radical (unpaired) electrons. The maximum Gasteiger partial charge on any atom is 0.163 e. The van der Waals surface area contributed by atoms with Crippen molar-refractivity contribution >= 4 is 32.8 Å². The number of rotatable bonds is 7. The maximum absolute atomic E-state index is 12.5. The second-order valence-electron chi connectivity index (χ2n) is 7.53. The van der Waals surface area contributed by atoms with Crippen LogP contribution >= 0.6 is 0 Å². The fourth-order valence-corrected chi connectivity index (χ4v) is 4.30. The van der Waals surface area contributed by atoms with Crippen molar-refractivity contribution in [3.05, 3.63) is 83.7 Å². The van der Waals surface area contributed by atoms with Crippen molar-refractivity contribution in [3.63, 3.8) is 0 Å². The molecule has 0 saturated carbocycles. The molecule has 0 atom stereocenters. The minimum absolute atomic E-state index is 0.462.